The van der Waals surface area contributed by atoms with Crippen LogP contribution in [0.4, 0.5) is 5.69 Å². The molecule has 1 atom stereocenters. The molecule has 1 unspecified atom stereocenters. The van der Waals surface area contributed by atoms with Crippen molar-refractivity contribution in [3.8, 4) is 5.75 Å². The van der Waals surface area contributed by atoms with Gasteiger partial charge in [0.1, 0.15) is 17.0 Å². The average Bonchev–Trinajstić information content (AvgIpc) is 3.53. The number of nitrogens with one attached hydrogen (secondary N) is 2. The fourth-order valence-corrected chi connectivity index (χ4v) is 4.17. The number of carbonyl (C=O) groups is 3. The summed E-state index contributed by atoms with van der Waals surface area (Å²) in [6.07, 6.45) is 3.11. The number of nitrogens with zero attached hydrogens (tertiary/aromatic N) is 3. The standard InChI is InChI=1S/C23H29N5O5/c1-4-33-17-9-5-15(6-10-17)26-20(29)18-19-21(30)28(16-7-8-16)23(2,13-27(19)14-25-18)22(31)24-11-12-32-3/h5-6,9-10,14,16H,4,7-8,11-13H2,1-3H3,(H,24,31)(H,26,29). The van der Waals surface area contributed by atoms with Crippen LogP contribution in [-0.4, -0.2) is 70.6 Å². The van der Waals surface area contributed by atoms with Crippen molar-refractivity contribution in [2.24, 2.45) is 0 Å². The second-order valence-corrected chi connectivity index (χ2v) is 8.41. The highest BCUT2D eigenvalue weighted by atomic mass is 16.5. The highest BCUT2D eigenvalue weighted by Gasteiger charge is 2.53. The molecule has 2 N–H and O–H groups in total. The van der Waals surface area contributed by atoms with Gasteiger partial charge in [-0.1, -0.05) is 0 Å². The molecule has 1 aliphatic carbocycles. The Hall–Kier alpha value is -3.40. The second-order valence-electron chi connectivity index (χ2n) is 8.41. The van der Waals surface area contributed by atoms with Crippen LogP contribution in [0.3, 0.4) is 0 Å². The first-order valence-corrected chi connectivity index (χ1v) is 11.1. The summed E-state index contributed by atoms with van der Waals surface area (Å²) >= 11 is 0. The summed E-state index contributed by atoms with van der Waals surface area (Å²) in [6, 6.07) is 6.95. The van der Waals surface area contributed by atoms with Crippen LogP contribution < -0.4 is 15.4 Å². The van der Waals surface area contributed by atoms with Crippen molar-refractivity contribution in [1.29, 1.82) is 0 Å². The smallest absolute Gasteiger partial charge is 0.276 e. The largest absolute Gasteiger partial charge is 0.494 e. The highest BCUT2D eigenvalue weighted by molar-refractivity contribution is 6.11. The van der Waals surface area contributed by atoms with Crippen molar-refractivity contribution < 1.29 is 23.9 Å². The van der Waals surface area contributed by atoms with E-state index in [1.807, 2.05) is 6.92 Å². The molecule has 4 rings (SSSR count). The van der Waals surface area contributed by atoms with Gasteiger partial charge in [-0.2, -0.15) is 0 Å². The highest BCUT2D eigenvalue weighted by Crippen LogP contribution is 2.38. The lowest BCUT2D eigenvalue weighted by atomic mass is 9.94. The Balaban J connectivity index is 1.57. The third kappa shape index (κ3) is 4.43. The number of methoxy groups -OCH3 is 1. The quantitative estimate of drug-likeness (QED) is 0.556. The van der Waals surface area contributed by atoms with E-state index in [-0.39, 0.29) is 35.8 Å². The number of hydrogen-bond donors (Lipinski definition) is 2. The van der Waals surface area contributed by atoms with Crippen molar-refractivity contribution in [2.45, 2.75) is 44.8 Å². The predicted octanol–water partition coefficient (Wildman–Crippen LogP) is 1.67. The van der Waals surface area contributed by atoms with E-state index in [1.54, 1.807) is 47.8 Å². The van der Waals surface area contributed by atoms with Crippen LogP contribution in [0.5, 0.6) is 5.75 Å². The lowest BCUT2D eigenvalue weighted by Crippen LogP contribution is -2.65. The molecule has 2 aliphatic rings. The first-order chi connectivity index (χ1) is 15.9. The molecule has 1 aromatic heterocycles. The van der Waals surface area contributed by atoms with E-state index < -0.39 is 11.4 Å². The van der Waals surface area contributed by atoms with Gasteiger partial charge in [0.2, 0.25) is 5.91 Å². The number of anilines is 1. The van der Waals surface area contributed by atoms with Crippen LogP contribution in [-0.2, 0) is 16.1 Å². The molecule has 1 aromatic carbocycles. The topological polar surface area (TPSA) is 115 Å². The number of aromatic nitrogens is 2. The van der Waals surface area contributed by atoms with Crippen LogP contribution in [0.15, 0.2) is 30.6 Å². The minimum atomic E-state index is -1.08. The number of imidazole rings is 1. The number of ether oxygens (including phenoxy) is 2. The van der Waals surface area contributed by atoms with Crippen molar-refractivity contribution in [3.05, 3.63) is 42.0 Å². The summed E-state index contributed by atoms with van der Waals surface area (Å²) in [4.78, 5) is 45.5. The van der Waals surface area contributed by atoms with Crippen LogP contribution in [0.1, 0.15) is 47.7 Å². The molecule has 33 heavy (non-hydrogen) atoms. The molecule has 0 spiro atoms. The van der Waals surface area contributed by atoms with Gasteiger partial charge in [-0.25, -0.2) is 4.98 Å². The van der Waals surface area contributed by atoms with Gasteiger partial charge in [-0.15, -0.1) is 0 Å². The first-order valence-electron chi connectivity index (χ1n) is 11.1. The number of benzene rings is 1. The molecule has 1 saturated carbocycles. The molecule has 176 valence electrons. The SMILES string of the molecule is CCOc1ccc(NC(=O)c2ncn3c2C(=O)N(C2CC2)C(C)(C(=O)NCCOC)C3)cc1. The zero-order valence-electron chi connectivity index (χ0n) is 19.1. The number of hydrogen-bond acceptors (Lipinski definition) is 6. The molecule has 0 radical (unpaired) electrons. The summed E-state index contributed by atoms with van der Waals surface area (Å²) in [5.41, 5.74) is -0.272. The van der Waals surface area contributed by atoms with Gasteiger partial charge in [0.05, 0.1) is 26.1 Å². The van der Waals surface area contributed by atoms with E-state index in [2.05, 4.69) is 15.6 Å². The molecule has 2 aromatic rings. The third-order valence-electron chi connectivity index (χ3n) is 5.90. The molecule has 1 aliphatic heterocycles. The van der Waals surface area contributed by atoms with E-state index in [0.29, 0.717) is 31.2 Å². The summed E-state index contributed by atoms with van der Waals surface area (Å²) < 4.78 is 12.0. The minimum absolute atomic E-state index is 0.0265. The normalized spacial score (nSPS) is 19.7. The average molecular weight is 456 g/mol. The molecule has 3 amide bonds. The monoisotopic (exact) mass is 455 g/mol. The lowest BCUT2D eigenvalue weighted by molar-refractivity contribution is -0.133. The Bertz CT molecular complexity index is 1050. The molecule has 2 heterocycles. The fourth-order valence-electron chi connectivity index (χ4n) is 4.17. The maximum atomic E-state index is 13.6. The molecular formula is C23H29N5O5. The van der Waals surface area contributed by atoms with Gasteiger partial charge in [-0.3, -0.25) is 14.4 Å². The number of carbonyl (C=O) groups excluding carboxylic acids is 3. The van der Waals surface area contributed by atoms with Gasteiger partial charge in [0, 0.05) is 25.4 Å². The Labute approximate surface area is 192 Å². The van der Waals surface area contributed by atoms with Gasteiger partial charge in [0.25, 0.3) is 11.8 Å². The van der Waals surface area contributed by atoms with Crippen molar-refractivity contribution in [3.63, 3.8) is 0 Å². The molecular weight excluding hydrogens is 426 g/mol. The molecule has 0 bridgehead atoms. The Morgan fingerprint density at radius 3 is 2.61 bits per heavy atom. The predicted molar refractivity (Wildman–Crippen MR) is 120 cm³/mol. The van der Waals surface area contributed by atoms with Gasteiger partial charge >= 0.3 is 0 Å². The summed E-state index contributed by atoms with van der Waals surface area (Å²) in [7, 11) is 1.56. The van der Waals surface area contributed by atoms with Crippen LogP contribution in [0.2, 0.25) is 0 Å². The van der Waals surface area contributed by atoms with Gasteiger partial charge in [0.15, 0.2) is 5.69 Å². The Kier molecular flexibility index (Phi) is 6.37. The minimum Gasteiger partial charge on any atom is -0.494 e. The van der Waals surface area contributed by atoms with E-state index in [9.17, 15) is 14.4 Å². The van der Waals surface area contributed by atoms with E-state index in [0.717, 1.165) is 12.8 Å². The lowest BCUT2D eigenvalue weighted by Gasteiger charge is -2.44. The third-order valence-corrected chi connectivity index (χ3v) is 5.90. The maximum Gasteiger partial charge on any atom is 0.276 e. The molecule has 10 nitrogen and oxygen atoms in total. The van der Waals surface area contributed by atoms with Gasteiger partial charge in [-0.05, 0) is 51.0 Å². The van der Waals surface area contributed by atoms with Crippen molar-refractivity contribution >= 4 is 23.4 Å². The molecule has 10 heteroatoms. The van der Waals surface area contributed by atoms with Crippen molar-refractivity contribution in [2.75, 3.05) is 32.2 Å². The summed E-state index contributed by atoms with van der Waals surface area (Å²) in [5, 5.41) is 5.64. The second kappa shape index (κ2) is 9.22. The summed E-state index contributed by atoms with van der Waals surface area (Å²) in [5.74, 6) is -0.389. The number of rotatable bonds is 9. The first kappa shape index (κ1) is 22.8. The van der Waals surface area contributed by atoms with Crippen molar-refractivity contribution in [1.82, 2.24) is 19.8 Å². The fraction of sp³-hybridized carbons (Fsp3) is 0.478. The van der Waals surface area contributed by atoms with Crippen LogP contribution in [0, 0.1) is 0 Å². The molecule has 1 fully saturated rings. The zero-order chi connectivity index (χ0) is 23.6. The Morgan fingerprint density at radius 1 is 1.24 bits per heavy atom. The zero-order valence-corrected chi connectivity index (χ0v) is 19.1. The van der Waals surface area contributed by atoms with Crippen LogP contribution in [0.25, 0.3) is 0 Å². The molecule has 0 saturated heterocycles. The summed E-state index contributed by atoms with van der Waals surface area (Å²) in [6.45, 7) is 5.15. The van der Waals surface area contributed by atoms with Gasteiger partial charge < -0.3 is 29.6 Å². The number of fused-ring (bicyclic) bond motifs is 1. The number of amides is 3. The van der Waals surface area contributed by atoms with E-state index in [4.69, 9.17) is 9.47 Å². The van der Waals surface area contributed by atoms with E-state index >= 15 is 0 Å². The van der Waals surface area contributed by atoms with Crippen LogP contribution >= 0.6 is 0 Å². The Morgan fingerprint density at radius 2 is 1.97 bits per heavy atom. The van der Waals surface area contributed by atoms with E-state index in [1.165, 1.54) is 6.33 Å². The maximum absolute atomic E-state index is 13.6.